The minimum Gasteiger partial charge on any atom is -0.495 e. The molecule has 4 N–H and O–H groups in total. The fourth-order valence-corrected chi connectivity index (χ4v) is 2.70. The second kappa shape index (κ2) is 7.79. The van der Waals surface area contributed by atoms with E-state index in [-0.39, 0.29) is 24.3 Å². The summed E-state index contributed by atoms with van der Waals surface area (Å²) >= 11 is 0. The molecule has 22 heavy (non-hydrogen) atoms. The first-order chi connectivity index (χ1) is 10.6. The summed E-state index contributed by atoms with van der Waals surface area (Å²) in [4.78, 5) is 23.7. The molecule has 120 valence electrons. The predicted molar refractivity (Wildman–Crippen MR) is 85.9 cm³/mol. The van der Waals surface area contributed by atoms with E-state index in [1.165, 1.54) is 6.42 Å². The van der Waals surface area contributed by atoms with Gasteiger partial charge in [0.25, 0.3) is 0 Å². The molecule has 0 radical (unpaired) electrons. The molecule has 0 bridgehead atoms. The summed E-state index contributed by atoms with van der Waals surface area (Å²) in [5, 5.41) is 5.58. The SMILES string of the molecule is COc1ccc(NC(=O)CN)cc1NC(=O)C1CCCCC1. The summed E-state index contributed by atoms with van der Waals surface area (Å²) in [5.41, 5.74) is 6.43. The van der Waals surface area contributed by atoms with Gasteiger partial charge in [-0.1, -0.05) is 19.3 Å². The predicted octanol–water partition coefficient (Wildman–Crippen LogP) is 2.11. The van der Waals surface area contributed by atoms with Crippen molar-refractivity contribution in [3.05, 3.63) is 18.2 Å². The molecule has 0 atom stereocenters. The van der Waals surface area contributed by atoms with Gasteiger partial charge in [0.05, 0.1) is 19.3 Å². The van der Waals surface area contributed by atoms with Crippen LogP contribution in [0.25, 0.3) is 0 Å². The van der Waals surface area contributed by atoms with Gasteiger partial charge >= 0.3 is 0 Å². The highest BCUT2D eigenvalue weighted by molar-refractivity contribution is 5.96. The van der Waals surface area contributed by atoms with E-state index in [4.69, 9.17) is 10.5 Å². The van der Waals surface area contributed by atoms with Crippen LogP contribution in [0.15, 0.2) is 18.2 Å². The van der Waals surface area contributed by atoms with Gasteiger partial charge in [-0.3, -0.25) is 9.59 Å². The van der Waals surface area contributed by atoms with Crippen LogP contribution in [0.4, 0.5) is 11.4 Å². The fraction of sp³-hybridized carbons (Fsp3) is 0.500. The second-order valence-electron chi connectivity index (χ2n) is 5.49. The topological polar surface area (TPSA) is 93.4 Å². The highest BCUT2D eigenvalue weighted by Gasteiger charge is 2.22. The van der Waals surface area contributed by atoms with Gasteiger partial charge in [-0.05, 0) is 31.0 Å². The maximum atomic E-state index is 12.4. The molecule has 1 aliphatic rings. The van der Waals surface area contributed by atoms with E-state index in [0.717, 1.165) is 25.7 Å². The molecular weight excluding hydrogens is 282 g/mol. The molecule has 0 aromatic heterocycles. The molecule has 6 heteroatoms. The largest absolute Gasteiger partial charge is 0.495 e. The Morgan fingerprint density at radius 2 is 1.95 bits per heavy atom. The number of nitrogens with one attached hydrogen (secondary N) is 2. The Hall–Kier alpha value is -2.08. The maximum Gasteiger partial charge on any atom is 0.238 e. The van der Waals surface area contributed by atoms with Crippen LogP contribution >= 0.6 is 0 Å². The number of benzene rings is 1. The van der Waals surface area contributed by atoms with E-state index in [2.05, 4.69) is 10.6 Å². The second-order valence-corrected chi connectivity index (χ2v) is 5.49. The summed E-state index contributed by atoms with van der Waals surface area (Å²) in [6.07, 6.45) is 5.26. The third-order valence-electron chi connectivity index (χ3n) is 3.90. The molecule has 1 fully saturated rings. The number of hydrogen-bond acceptors (Lipinski definition) is 4. The first-order valence-electron chi connectivity index (χ1n) is 7.63. The van der Waals surface area contributed by atoms with E-state index in [1.807, 2.05) is 0 Å². The van der Waals surface area contributed by atoms with Crippen molar-refractivity contribution >= 4 is 23.2 Å². The van der Waals surface area contributed by atoms with Crippen LogP contribution in [0.3, 0.4) is 0 Å². The molecule has 2 rings (SSSR count). The van der Waals surface area contributed by atoms with Gasteiger partial charge in [0, 0.05) is 11.6 Å². The molecule has 0 saturated heterocycles. The fourth-order valence-electron chi connectivity index (χ4n) is 2.70. The third-order valence-corrected chi connectivity index (χ3v) is 3.90. The standard InChI is InChI=1S/C16H23N3O3/c1-22-14-8-7-12(18-15(20)10-17)9-13(14)19-16(21)11-5-3-2-4-6-11/h7-9,11H,2-6,10,17H2,1H3,(H,18,20)(H,19,21). The molecule has 1 aliphatic carbocycles. The minimum atomic E-state index is -0.283. The third kappa shape index (κ3) is 4.21. The lowest BCUT2D eigenvalue weighted by Crippen LogP contribution is -2.25. The number of amides is 2. The number of ether oxygens (including phenoxy) is 1. The molecule has 0 aliphatic heterocycles. The Kier molecular flexibility index (Phi) is 5.77. The van der Waals surface area contributed by atoms with Crippen LogP contribution in [-0.2, 0) is 9.59 Å². The van der Waals surface area contributed by atoms with Crippen LogP contribution in [0, 0.1) is 5.92 Å². The molecule has 0 unspecified atom stereocenters. The monoisotopic (exact) mass is 305 g/mol. The van der Waals surface area contributed by atoms with Crippen molar-refractivity contribution in [3.8, 4) is 5.75 Å². The highest BCUT2D eigenvalue weighted by Crippen LogP contribution is 2.30. The summed E-state index contributed by atoms with van der Waals surface area (Å²) in [6.45, 7) is -0.0875. The van der Waals surface area contributed by atoms with Crippen molar-refractivity contribution in [1.29, 1.82) is 0 Å². The number of nitrogens with two attached hydrogens (primary N) is 1. The molecular formula is C16H23N3O3. The molecule has 6 nitrogen and oxygen atoms in total. The van der Waals surface area contributed by atoms with E-state index in [9.17, 15) is 9.59 Å². The Morgan fingerprint density at radius 3 is 2.59 bits per heavy atom. The van der Waals surface area contributed by atoms with Crippen molar-refractivity contribution in [3.63, 3.8) is 0 Å². The number of anilines is 2. The molecule has 0 heterocycles. The average Bonchev–Trinajstić information content (AvgIpc) is 2.55. The maximum absolute atomic E-state index is 12.4. The zero-order valence-electron chi connectivity index (χ0n) is 12.9. The van der Waals surface area contributed by atoms with E-state index >= 15 is 0 Å². The number of methoxy groups -OCH3 is 1. The lowest BCUT2D eigenvalue weighted by molar-refractivity contribution is -0.120. The van der Waals surface area contributed by atoms with Gasteiger partial charge in [-0.2, -0.15) is 0 Å². The lowest BCUT2D eigenvalue weighted by Gasteiger charge is -2.21. The van der Waals surface area contributed by atoms with Crippen molar-refractivity contribution in [2.45, 2.75) is 32.1 Å². The average molecular weight is 305 g/mol. The molecule has 1 saturated carbocycles. The zero-order chi connectivity index (χ0) is 15.9. The van der Waals surface area contributed by atoms with Crippen LogP contribution in [0.1, 0.15) is 32.1 Å². The lowest BCUT2D eigenvalue weighted by atomic mass is 9.88. The Morgan fingerprint density at radius 1 is 1.23 bits per heavy atom. The molecule has 2 amide bonds. The van der Waals surface area contributed by atoms with Crippen LogP contribution in [0.5, 0.6) is 5.75 Å². The van der Waals surface area contributed by atoms with Crippen LogP contribution < -0.4 is 21.1 Å². The van der Waals surface area contributed by atoms with E-state index in [0.29, 0.717) is 17.1 Å². The summed E-state index contributed by atoms with van der Waals surface area (Å²) in [7, 11) is 1.55. The smallest absolute Gasteiger partial charge is 0.238 e. The highest BCUT2D eigenvalue weighted by atomic mass is 16.5. The number of rotatable bonds is 5. The number of hydrogen-bond donors (Lipinski definition) is 3. The van der Waals surface area contributed by atoms with Gasteiger partial charge in [0.2, 0.25) is 11.8 Å². The Labute approximate surface area is 130 Å². The summed E-state index contributed by atoms with van der Waals surface area (Å²) in [5.74, 6) is 0.352. The molecule has 1 aromatic rings. The first-order valence-corrected chi connectivity index (χ1v) is 7.63. The zero-order valence-corrected chi connectivity index (χ0v) is 12.9. The van der Waals surface area contributed by atoms with Gasteiger partial charge in [-0.25, -0.2) is 0 Å². The van der Waals surface area contributed by atoms with Gasteiger partial charge in [-0.15, -0.1) is 0 Å². The quantitative estimate of drug-likeness (QED) is 0.776. The van der Waals surface area contributed by atoms with Crippen molar-refractivity contribution in [1.82, 2.24) is 0 Å². The Balaban J connectivity index is 2.11. The van der Waals surface area contributed by atoms with Gasteiger partial charge in [0.15, 0.2) is 0 Å². The van der Waals surface area contributed by atoms with E-state index < -0.39 is 0 Å². The summed E-state index contributed by atoms with van der Waals surface area (Å²) < 4.78 is 5.27. The normalized spacial score (nSPS) is 15.2. The van der Waals surface area contributed by atoms with Crippen molar-refractivity contribution < 1.29 is 14.3 Å². The Bertz CT molecular complexity index is 539. The van der Waals surface area contributed by atoms with Gasteiger partial charge in [0.1, 0.15) is 5.75 Å². The minimum absolute atomic E-state index is 0.0142. The number of carbonyl (C=O) groups is 2. The van der Waals surface area contributed by atoms with Crippen LogP contribution in [0.2, 0.25) is 0 Å². The summed E-state index contributed by atoms with van der Waals surface area (Å²) in [6, 6.07) is 5.11. The molecule has 0 spiro atoms. The molecule has 1 aromatic carbocycles. The van der Waals surface area contributed by atoms with Gasteiger partial charge < -0.3 is 21.1 Å². The first kappa shape index (κ1) is 16.3. The van der Waals surface area contributed by atoms with E-state index in [1.54, 1.807) is 25.3 Å². The number of carbonyl (C=O) groups excluding carboxylic acids is 2. The van der Waals surface area contributed by atoms with Crippen molar-refractivity contribution in [2.24, 2.45) is 11.7 Å². The van der Waals surface area contributed by atoms with Crippen molar-refractivity contribution in [2.75, 3.05) is 24.3 Å². The van der Waals surface area contributed by atoms with Crippen LogP contribution in [-0.4, -0.2) is 25.5 Å².